The molecule has 2 nitrogen and oxygen atoms in total. The molecule has 1 saturated carbocycles. The van der Waals surface area contributed by atoms with Crippen molar-refractivity contribution in [3.05, 3.63) is 0 Å². The summed E-state index contributed by atoms with van der Waals surface area (Å²) in [5.41, 5.74) is 0. The van der Waals surface area contributed by atoms with Crippen molar-refractivity contribution in [1.29, 1.82) is 0 Å². The molecule has 1 aliphatic carbocycles. The van der Waals surface area contributed by atoms with Crippen LogP contribution in [-0.2, 0) is 9.84 Å². The van der Waals surface area contributed by atoms with E-state index in [4.69, 9.17) is 0 Å². The van der Waals surface area contributed by atoms with Crippen LogP contribution in [0.25, 0.3) is 0 Å². The first-order chi connectivity index (χ1) is 6.55. The van der Waals surface area contributed by atoms with Crippen molar-refractivity contribution < 1.29 is 8.42 Å². The standard InChI is InChI=1S/C10H19BrO2S/c1-2-14(12,13)8-7-9-5-3-4-6-10(9)11/h9-10H,2-8H2,1H3. The summed E-state index contributed by atoms with van der Waals surface area (Å²) in [5.74, 6) is 1.23. The Morgan fingerprint density at radius 2 is 1.93 bits per heavy atom. The third-order valence-electron chi connectivity index (χ3n) is 3.06. The summed E-state index contributed by atoms with van der Waals surface area (Å²) in [5, 5.41) is 0. The Kier molecular flexibility index (Phi) is 4.91. The summed E-state index contributed by atoms with van der Waals surface area (Å²) >= 11 is 3.65. The van der Waals surface area contributed by atoms with Crippen molar-refractivity contribution in [3.8, 4) is 0 Å². The molecule has 1 aliphatic rings. The van der Waals surface area contributed by atoms with Crippen LogP contribution in [0.3, 0.4) is 0 Å². The van der Waals surface area contributed by atoms with Crippen LogP contribution >= 0.6 is 15.9 Å². The van der Waals surface area contributed by atoms with E-state index in [-0.39, 0.29) is 5.75 Å². The Morgan fingerprint density at radius 1 is 1.29 bits per heavy atom. The van der Waals surface area contributed by atoms with Crippen LogP contribution in [0, 0.1) is 5.92 Å². The van der Waals surface area contributed by atoms with Gasteiger partial charge in [0.05, 0.1) is 5.75 Å². The molecule has 2 atom stereocenters. The van der Waals surface area contributed by atoms with E-state index >= 15 is 0 Å². The average molecular weight is 283 g/mol. The first-order valence-electron chi connectivity index (χ1n) is 5.39. The SMILES string of the molecule is CCS(=O)(=O)CCC1CCCCC1Br. The molecule has 0 aromatic heterocycles. The van der Waals surface area contributed by atoms with Gasteiger partial charge in [0.25, 0.3) is 0 Å². The van der Waals surface area contributed by atoms with E-state index < -0.39 is 9.84 Å². The van der Waals surface area contributed by atoms with Crippen LogP contribution in [0.15, 0.2) is 0 Å². The van der Waals surface area contributed by atoms with E-state index in [1.165, 1.54) is 25.7 Å². The highest BCUT2D eigenvalue weighted by atomic mass is 79.9. The number of alkyl halides is 1. The number of halogens is 1. The van der Waals surface area contributed by atoms with Gasteiger partial charge in [-0.1, -0.05) is 35.7 Å². The lowest BCUT2D eigenvalue weighted by atomic mass is 9.87. The smallest absolute Gasteiger partial charge is 0.150 e. The first-order valence-corrected chi connectivity index (χ1v) is 8.13. The Labute approximate surface area is 95.5 Å². The van der Waals surface area contributed by atoms with Crippen LogP contribution in [0.1, 0.15) is 39.0 Å². The maximum atomic E-state index is 11.3. The Bertz CT molecular complexity index is 261. The van der Waals surface area contributed by atoms with Crippen molar-refractivity contribution in [2.45, 2.75) is 43.9 Å². The molecule has 0 amide bonds. The molecule has 0 aromatic carbocycles. The van der Waals surface area contributed by atoms with Gasteiger partial charge in [-0.15, -0.1) is 0 Å². The molecule has 0 saturated heterocycles. The minimum atomic E-state index is -2.76. The fourth-order valence-electron chi connectivity index (χ4n) is 1.96. The van der Waals surface area contributed by atoms with Crippen LogP contribution in [0.5, 0.6) is 0 Å². The minimum Gasteiger partial charge on any atom is -0.229 e. The first kappa shape index (κ1) is 12.5. The zero-order valence-electron chi connectivity index (χ0n) is 8.71. The molecule has 84 valence electrons. The molecule has 1 rings (SSSR count). The van der Waals surface area contributed by atoms with Crippen molar-refractivity contribution in [2.24, 2.45) is 5.92 Å². The molecule has 0 radical (unpaired) electrons. The van der Waals surface area contributed by atoms with Gasteiger partial charge in [0.15, 0.2) is 0 Å². The lowest BCUT2D eigenvalue weighted by Gasteiger charge is -2.27. The molecule has 1 fully saturated rings. The molecule has 0 N–H and O–H groups in total. The van der Waals surface area contributed by atoms with Gasteiger partial charge in [0, 0.05) is 10.6 Å². The Morgan fingerprint density at radius 3 is 2.50 bits per heavy atom. The van der Waals surface area contributed by atoms with Crippen LogP contribution in [-0.4, -0.2) is 24.8 Å². The van der Waals surface area contributed by atoms with Crippen LogP contribution in [0.4, 0.5) is 0 Å². The topological polar surface area (TPSA) is 34.1 Å². The Balaban J connectivity index is 2.36. The lowest BCUT2D eigenvalue weighted by molar-refractivity contribution is 0.366. The van der Waals surface area contributed by atoms with Crippen molar-refractivity contribution in [2.75, 3.05) is 11.5 Å². The lowest BCUT2D eigenvalue weighted by Crippen LogP contribution is -2.22. The van der Waals surface area contributed by atoms with E-state index in [1.807, 2.05) is 0 Å². The molecule has 0 aromatic rings. The summed E-state index contributed by atoms with van der Waals surface area (Å²) in [4.78, 5) is 0.545. The zero-order valence-corrected chi connectivity index (χ0v) is 11.1. The summed E-state index contributed by atoms with van der Waals surface area (Å²) in [7, 11) is -2.76. The van der Waals surface area contributed by atoms with Gasteiger partial charge >= 0.3 is 0 Å². The third-order valence-corrected chi connectivity index (χ3v) is 6.00. The number of hydrogen-bond acceptors (Lipinski definition) is 2. The van der Waals surface area contributed by atoms with Gasteiger partial charge in [0.1, 0.15) is 9.84 Å². The zero-order chi connectivity index (χ0) is 10.6. The van der Waals surface area contributed by atoms with Crippen LogP contribution in [0.2, 0.25) is 0 Å². The number of rotatable bonds is 4. The van der Waals surface area contributed by atoms with E-state index in [0.29, 0.717) is 16.5 Å². The largest absolute Gasteiger partial charge is 0.229 e. The van der Waals surface area contributed by atoms with Gasteiger partial charge in [-0.25, -0.2) is 8.42 Å². The fourth-order valence-corrected chi connectivity index (χ4v) is 3.77. The highest BCUT2D eigenvalue weighted by molar-refractivity contribution is 9.09. The molecule has 4 heteroatoms. The van der Waals surface area contributed by atoms with E-state index in [0.717, 1.165) is 6.42 Å². The third kappa shape index (κ3) is 3.89. The van der Waals surface area contributed by atoms with Crippen molar-refractivity contribution in [1.82, 2.24) is 0 Å². The van der Waals surface area contributed by atoms with Gasteiger partial charge in [-0.3, -0.25) is 0 Å². The Hall–Kier alpha value is 0.430. The number of sulfone groups is 1. The molecular formula is C10H19BrO2S. The van der Waals surface area contributed by atoms with Gasteiger partial charge in [0.2, 0.25) is 0 Å². The summed E-state index contributed by atoms with van der Waals surface area (Å²) in [6, 6.07) is 0. The molecule has 0 bridgehead atoms. The number of hydrogen-bond donors (Lipinski definition) is 0. The average Bonchev–Trinajstić information content (AvgIpc) is 2.17. The molecule has 0 heterocycles. The molecule has 14 heavy (non-hydrogen) atoms. The molecule has 0 aliphatic heterocycles. The maximum absolute atomic E-state index is 11.3. The fraction of sp³-hybridized carbons (Fsp3) is 1.00. The molecule has 0 spiro atoms. The molecular weight excluding hydrogens is 264 g/mol. The van der Waals surface area contributed by atoms with E-state index in [9.17, 15) is 8.42 Å². The predicted octanol–water partition coefficient (Wildman–Crippen LogP) is 2.76. The normalized spacial score (nSPS) is 29.0. The highest BCUT2D eigenvalue weighted by Crippen LogP contribution is 2.32. The van der Waals surface area contributed by atoms with Gasteiger partial charge in [-0.2, -0.15) is 0 Å². The minimum absolute atomic E-state index is 0.284. The van der Waals surface area contributed by atoms with Crippen molar-refractivity contribution >= 4 is 25.8 Å². The van der Waals surface area contributed by atoms with Gasteiger partial charge in [-0.05, 0) is 25.2 Å². The van der Waals surface area contributed by atoms with Gasteiger partial charge < -0.3 is 0 Å². The maximum Gasteiger partial charge on any atom is 0.150 e. The second kappa shape index (κ2) is 5.50. The van der Waals surface area contributed by atoms with E-state index in [1.54, 1.807) is 6.92 Å². The summed E-state index contributed by atoms with van der Waals surface area (Å²) in [6.45, 7) is 1.72. The van der Waals surface area contributed by atoms with Crippen LogP contribution < -0.4 is 0 Å². The second-order valence-corrected chi connectivity index (χ2v) is 7.73. The molecule has 2 unspecified atom stereocenters. The summed E-state index contributed by atoms with van der Waals surface area (Å²) in [6.07, 6.45) is 5.78. The van der Waals surface area contributed by atoms with Crippen molar-refractivity contribution in [3.63, 3.8) is 0 Å². The second-order valence-electron chi connectivity index (χ2n) is 4.09. The summed E-state index contributed by atoms with van der Waals surface area (Å²) < 4.78 is 22.7. The monoisotopic (exact) mass is 282 g/mol. The van der Waals surface area contributed by atoms with E-state index in [2.05, 4.69) is 15.9 Å². The highest BCUT2D eigenvalue weighted by Gasteiger charge is 2.23. The predicted molar refractivity (Wildman–Crippen MR) is 63.6 cm³/mol. The quantitative estimate of drug-likeness (QED) is 0.743.